The summed E-state index contributed by atoms with van der Waals surface area (Å²) in [4.78, 5) is 0. The first-order valence-electron chi connectivity index (χ1n) is 7.53. The van der Waals surface area contributed by atoms with Crippen LogP contribution in [0.15, 0.2) is 36.5 Å². The minimum absolute atomic E-state index is 0.00317. The molecule has 3 aromatic rings. The van der Waals surface area contributed by atoms with Crippen molar-refractivity contribution in [3.63, 3.8) is 0 Å². The van der Waals surface area contributed by atoms with E-state index in [-0.39, 0.29) is 5.75 Å². The van der Waals surface area contributed by atoms with Gasteiger partial charge >= 0.3 is 0 Å². The smallest absolute Gasteiger partial charge is 0.168 e. The molecule has 1 aromatic heterocycles. The van der Waals surface area contributed by atoms with Crippen molar-refractivity contribution in [2.75, 3.05) is 0 Å². The Morgan fingerprint density at radius 3 is 2.61 bits per heavy atom. The molecule has 0 aliphatic heterocycles. The number of nitrogens with zero attached hydrogens (tertiary/aromatic N) is 2. The molecule has 1 heterocycles. The highest BCUT2D eigenvalue weighted by Gasteiger charge is 2.12. The summed E-state index contributed by atoms with van der Waals surface area (Å²) in [5.74, 6) is -0.324. The fourth-order valence-corrected chi connectivity index (χ4v) is 2.49. The van der Waals surface area contributed by atoms with E-state index in [0.717, 1.165) is 29.1 Å². The van der Waals surface area contributed by atoms with Crippen LogP contribution < -0.4 is 4.74 Å². The summed E-state index contributed by atoms with van der Waals surface area (Å²) in [5, 5.41) is 5.32. The zero-order valence-corrected chi connectivity index (χ0v) is 13.3. The topological polar surface area (TPSA) is 27.1 Å². The van der Waals surface area contributed by atoms with Crippen molar-refractivity contribution in [3.05, 3.63) is 53.7 Å². The van der Waals surface area contributed by atoms with E-state index >= 15 is 0 Å². The number of fused-ring (bicyclic) bond motifs is 1. The molecule has 0 aliphatic carbocycles. The summed E-state index contributed by atoms with van der Waals surface area (Å²) in [6.45, 7) is 6.99. The Hall–Kier alpha value is -2.43. The van der Waals surface area contributed by atoms with E-state index in [4.69, 9.17) is 4.74 Å². The lowest BCUT2D eigenvalue weighted by molar-refractivity contribution is 0.435. The highest BCUT2D eigenvalue weighted by Crippen LogP contribution is 2.31. The van der Waals surface area contributed by atoms with E-state index < -0.39 is 11.6 Å². The van der Waals surface area contributed by atoms with Crippen molar-refractivity contribution in [1.29, 1.82) is 0 Å². The molecule has 0 aliphatic rings. The van der Waals surface area contributed by atoms with Crippen LogP contribution in [0.4, 0.5) is 8.78 Å². The molecule has 0 amide bonds. The minimum Gasteiger partial charge on any atom is -0.454 e. The molecule has 0 radical (unpaired) electrons. The van der Waals surface area contributed by atoms with Gasteiger partial charge in [-0.05, 0) is 42.7 Å². The average molecular weight is 316 g/mol. The summed E-state index contributed by atoms with van der Waals surface area (Å²) in [5.41, 5.74) is 1.88. The van der Waals surface area contributed by atoms with Crippen molar-refractivity contribution in [2.45, 2.75) is 27.3 Å². The summed E-state index contributed by atoms with van der Waals surface area (Å²) < 4.78 is 34.3. The van der Waals surface area contributed by atoms with Crippen LogP contribution in [-0.4, -0.2) is 9.78 Å². The number of halogens is 2. The molecular formula is C18H18F2N2O. The molecule has 0 fully saturated rings. The van der Waals surface area contributed by atoms with Gasteiger partial charge in [0.2, 0.25) is 0 Å². The highest BCUT2D eigenvalue weighted by atomic mass is 19.1. The molecule has 2 aromatic carbocycles. The Labute approximate surface area is 133 Å². The van der Waals surface area contributed by atoms with Gasteiger partial charge in [-0.3, -0.25) is 4.68 Å². The van der Waals surface area contributed by atoms with Crippen LogP contribution in [0.5, 0.6) is 11.5 Å². The number of ether oxygens (including phenoxy) is 1. The molecule has 0 atom stereocenters. The quantitative estimate of drug-likeness (QED) is 0.672. The number of rotatable bonds is 4. The van der Waals surface area contributed by atoms with Gasteiger partial charge in [-0.25, -0.2) is 8.78 Å². The molecule has 3 nitrogen and oxygen atoms in total. The van der Waals surface area contributed by atoms with Gasteiger partial charge in [0.15, 0.2) is 11.6 Å². The number of benzene rings is 2. The third-order valence-electron chi connectivity index (χ3n) is 3.59. The van der Waals surface area contributed by atoms with Crippen LogP contribution in [0.2, 0.25) is 0 Å². The fraction of sp³-hybridized carbons (Fsp3) is 0.278. The fourth-order valence-electron chi connectivity index (χ4n) is 2.49. The lowest BCUT2D eigenvalue weighted by Gasteiger charge is -2.11. The van der Waals surface area contributed by atoms with Gasteiger partial charge in [-0.15, -0.1) is 0 Å². The summed E-state index contributed by atoms with van der Waals surface area (Å²) in [6, 6.07) is 7.08. The van der Waals surface area contributed by atoms with E-state index in [0.29, 0.717) is 11.7 Å². The number of hydrogen-bond donors (Lipinski definition) is 0. The summed E-state index contributed by atoms with van der Waals surface area (Å²) >= 11 is 0. The monoisotopic (exact) mass is 316 g/mol. The molecule has 23 heavy (non-hydrogen) atoms. The summed E-state index contributed by atoms with van der Waals surface area (Å²) in [7, 11) is 0. The Morgan fingerprint density at radius 1 is 1.13 bits per heavy atom. The van der Waals surface area contributed by atoms with E-state index in [1.165, 1.54) is 12.1 Å². The predicted molar refractivity (Wildman–Crippen MR) is 85.7 cm³/mol. The Kier molecular flexibility index (Phi) is 4.03. The van der Waals surface area contributed by atoms with Crippen LogP contribution in [0.1, 0.15) is 19.4 Å². The molecular weight excluding hydrogens is 298 g/mol. The van der Waals surface area contributed by atoms with Gasteiger partial charge in [0.1, 0.15) is 11.6 Å². The largest absolute Gasteiger partial charge is 0.454 e. The molecule has 0 saturated heterocycles. The maximum absolute atomic E-state index is 13.7. The van der Waals surface area contributed by atoms with Crippen molar-refractivity contribution in [3.8, 4) is 11.5 Å². The average Bonchev–Trinajstić information content (AvgIpc) is 2.84. The van der Waals surface area contributed by atoms with E-state index in [1.54, 1.807) is 6.20 Å². The first kappa shape index (κ1) is 15.5. The molecule has 120 valence electrons. The number of aryl methyl sites for hydroxylation is 1. The molecule has 0 unspecified atom stereocenters. The first-order valence-corrected chi connectivity index (χ1v) is 7.53. The molecule has 0 bridgehead atoms. The number of aromatic nitrogens is 2. The van der Waals surface area contributed by atoms with Crippen LogP contribution >= 0.6 is 0 Å². The van der Waals surface area contributed by atoms with E-state index in [2.05, 4.69) is 18.9 Å². The van der Waals surface area contributed by atoms with Crippen LogP contribution in [0.25, 0.3) is 10.9 Å². The second kappa shape index (κ2) is 5.99. The second-order valence-corrected chi connectivity index (χ2v) is 6.07. The highest BCUT2D eigenvalue weighted by molar-refractivity contribution is 5.81. The maximum atomic E-state index is 13.7. The number of hydrogen-bond acceptors (Lipinski definition) is 2. The van der Waals surface area contributed by atoms with Crippen molar-refractivity contribution in [2.24, 2.45) is 5.92 Å². The van der Waals surface area contributed by atoms with Gasteiger partial charge in [0.05, 0.1) is 11.7 Å². The van der Waals surface area contributed by atoms with Crippen LogP contribution in [0, 0.1) is 24.5 Å². The molecule has 0 N–H and O–H groups in total. The van der Waals surface area contributed by atoms with Crippen LogP contribution in [0.3, 0.4) is 0 Å². The second-order valence-electron chi connectivity index (χ2n) is 6.07. The van der Waals surface area contributed by atoms with Crippen molar-refractivity contribution in [1.82, 2.24) is 9.78 Å². The lowest BCUT2D eigenvalue weighted by Crippen LogP contribution is -2.05. The van der Waals surface area contributed by atoms with Crippen LogP contribution in [-0.2, 0) is 6.54 Å². The van der Waals surface area contributed by atoms with Crippen molar-refractivity contribution >= 4 is 10.9 Å². The third kappa shape index (κ3) is 3.18. The first-order chi connectivity index (χ1) is 10.9. The van der Waals surface area contributed by atoms with E-state index in [9.17, 15) is 8.78 Å². The SMILES string of the molecule is Cc1cc2c(cnn2CC(C)C)cc1Oc1ccc(F)cc1F. The standard InChI is InChI=1S/C18H18F2N2O/c1-11(2)10-22-16-6-12(3)18(7-13(16)9-21-22)23-17-5-4-14(19)8-15(17)20/h4-9,11H,10H2,1-3H3. The Morgan fingerprint density at radius 2 is 1.91 bits per heavy atom. The van der Waals surface area contributed by atoms with Crippen molar-refractivity contribution < 1.29 is 13.5 Å². The lowest BCUT2D eigenvalue weighted by atomic mass is 10.1. The third-order valence-corrected chi connectivity index (χ3v) is 3.59. The van der Waals surface area contributed by atoms with Gasteiger partial charge in [-0.2, -0.15) is 5.10 Å². The molecule has 0 saturated carbocycles. The van der Waals surface area contributed by atoms with Gasteiger partial charge in [0.25, 0.3) is 0 Å². The predicted octanol–water partition coefficient (Wildman–Crippen LogP) is 5.07. The Bertz CT molecular complexity index is 856. The molecule has 5 heteroatoms. The zero-order chi connectivity index (χ0) is 16.6. The van der Waals surface area contributed by atoms with E-state index in [1.807, 2.05) is 23.7 Å². The molecule has 0 spiro atoms. The maximum Gasteiger partial charge on any atom is 0.168 e. The molecule has 3 rings (SSSR count). The van der Waals surface area contributed by atoms with Gasteiger partial charge < -0.3 is 4.74 Å². The van der Waals surface area contributed by atoms with Gasteiger partial charge in [0, 0.05) is 18.0 Å². The summed E-state index contributed by atoms with van der Waals surface area (Å²) in [6.07, 6.45) is 1.77. The van der Waals surface area contributed by atoms with Gasteiger partial charge in [-0.1, -0.05) is 13.8 Å². The Balaban J connectivity index is 1.97. The zero-order valence-electron chi connectivity index (χ0n) is 13.3. The minimum atomic E-state index is -0.722. The normalized spacial score (nSPS) is 11.4.